The minimum atomic E-state index is -0.286. The van der Waals surface area contributed by atoms with Crippen LogP contribution in [-0.4, -0.2) is 95.8 Å². The smallest absolute Gasteiger partial charge is 0.226 e. The van der Waals surface area contributed by atoms with E-state index in [4.69, 9.17) is 46.8 Å². The molecule has 4 saturated carbocycles. The molecule has 4 fully saturated rings. The number of rotatable bonds is 17. The summed E-state index contributed by atoms with van der Waals surface area (Å²) in [6.07, 6.45) is 16.6. The number of oxazole rings is 4. The zero-order chi connectivity index (χ0) is 65.5. The van der Waals surface area contributed by atoms with Crippen LogP contribution in [0.2, 0.25) is 0 Å². The maximum Gasteiger partial charge on any atom is 0.226 e. The van der Waals surface area contributed by atoms with Gasteiger partial charge in [0.25, 0.3) is 0 Å². The Morgan fingerprint density at radius 3 is 0.924 bits per heavy atom. The summed E-state index contributed by atoms with van der Waals surface area (Å²) in [6, 6.07) is 24.4. The van der Waals surface area contributed by atoms with Crippen LogP contribution in [0.3, 0.4) is 0 Å². The van der Waals surface area contributed by atoms with Crippen molar-refractivity contribution in [2.75, 3.05) is 6.61 Å². The van der Waals surface area contributed by atoms with E-state index in [9.17, 15) is 27.8 Å². The van der Waals surface area contributed by atoms with E-state index in [1.54, 1.807) is 54.6 Å². The third-order valence-electron chi connectivity index (χ3n) is 16.5. The summed E-state index contributed by atoms with van der Waals surface area (Å²) in [5.41, 5.74) is 6.28. The fourth-order valence-electron chi connectivity index (χ4n) is 11.2. The molecule has 4 aromatic heterocycles. The van der Waals surface area contributed by atoms with Gasteiger partial charge in [-0.2, -0.15) is 0 Å². The topological polar surface area (TPSA) is 222 Å². The van der Waals surface area contributed by atoms with Crippen molar-refractivity contribution in [3.63, 3.8) is 0 Å². The van der Waals surface area contributed by atoms with E-state index in [2.05, 4.69) is 26.5 Å². The van der Waals surface area contributed by atoms with Crippen LogP contribution in [0.1, 0.15) is 155 Å². The lowest BCUT2D eigenvalue weighted by Gasteiger charge is -2.28. The lowest BCUT2D eigenvalue weighted by molar-refractivity contribution is -0.0448. The first kappa shape index (κ1) is 70.7. The monoisotopic (exact) mass is 1280 g/mol. The molecule has 4 heterocycles. The Kier molecular flexibility index (Phi) is 27.5. The fourth-order valence-corrected chi connectivity index (χ4v) is 11.2. The van der Waals surface area contributed by atoms with Crippen LogP contribution >= 0.6 is 0 Å². The molecule has 4 aromatic carbocycles. The Morgan fingerprint density at radius 1 is 0.391 bits per heavy atom. The Bertz CT molecular complexity index is 3340. The van der Waals surface area contributed by atoms with Crippen LogP contribution in [0, 0.1) is 51.0 Å². The molecule has 92 heavy (non-hydrogen) atoms. The number of aliphatic hydroxyl groups is 4. The first-order valence-corrected chi connectivity index (χ1v) is 32.1. The molecule has 0 aliphatic heterocycles. The van der Waals surface area contributed by atoms with Crippen LogP contribution in [0.15, 0.2) is 127 Å². The number of aromatic nitrogens is 4. The minimum absolute atomic E-state index is 0.0779. The molecule has 0 spiro atoms. The van der Waals surface area contributed by atoms with Gasteiger partial charge in [0.15, 0.2) is 0 Å². The average Bonchev–Trinajstić information content (AvgIpc) is 2.35. The molecule has 4 aliphatic rings. The number of hydrogen-bond donors (Lipinski definition) is 4. The highest BCUT2D eigenvalue weighted by Gasteiger charge is 2.26. The summed E-state index contributed by atoms with van der Waals surface area (Å²) in [5, 5.41) is 37.2. The summed E-state index contributed by atoms with van der Waals surface area (Å²) >= 11 is 0. The second-order valence-electron chi connectivity index (χ2n) is 23.8. The van der Waals surface area contributed by atoms with Crippen molar-refractivity contribution in [2.45, 2.75) is 212 Å². The molecule has 4 unspecified atom stereocenters. The van der Waals surface area contributed by atoms with Gasteiger partial charge in [-0.3, -0.25) is 0 Å². The van der Waals surface area contributed by atoms with Gasteiger partial charge in [0.2, 0.25) is 23.6 Å². The van der Waals surface area contributed by atoms with Crippen molar-refractivity contribution in [3.05, 3.63) is 179 Å². The highest BCUT2D eigenvalue weighted by Crippen LogP contribution is 2.31. The average molecular weight is 1280 g/mol. The molecular formula is C72H88F4N4O12. The van der Waals surface area contributed by atoms with Gasteiger partial charge in [0.1, 0.15) is 63.4 Å². The standard InChI is InChI=1S/C20H24FNO3.2C17H20FNO3.C12H12FNO.C6H12O2/c1-3-11-23-17-5-4-6-18(12-17)24-13-19-14(2)25-20(22-19)15-7-9-16(21)10-8-15;2*1-11-16(10-21-15-4-2-3-14(20)9-15)19-17(22-11)12-5-7-13(18)8-6-12;1-3-11-8(2)15-12(14-11)9-4-6-10(13)7-5-9;7-5-2-1-3-6(8)4-5/h3,7-10,17-18H,1,4-6,11-13H2,2H3;2*5-8,14-15,20H,2-4,9-10H2,1H3;4-7H,3H2,1-2H3;5-8H,1-4H2/t17-,18+;14-,15+;;;/m11.../s1. The second kappa shape index (κ2) is 35.8. The number of aliphatic hydroxyl groups excluding tert-OH is 4. The molecule has 16 nitrogen and oxygen atoms in total. The lowest BCUT2D eigenvalue weighted by Crippen LogP contribution is -2.28. The van der Waals surface area contributed by atoms with Crippen molar-refractivity contribution < 1.29 is 74.6 Å². The van der Waals surface area contributed by atoms with Crippen molar-refractivity contribution in [1.29, 1.82) is 0 Å². The normalized spacial score (nSPS) is 21.3. The van der Waals surface area contributed by atoms with Crippen molar-refractivity contribution in [2.24, 2.45) is 0 Å². The summed E-state index contributed by atoms with van der Waals surface area (Å²) in [6.45, 7) is 14.9. The number of hydrogen-bond acceptors (Lipinski definition) is 16. The number of nitrogens with zero attached hydrogens (tertiary/aromatic N) is 4. The van der Waals surface area contributed by atoms with E-state index >= 15 is 0 Å². The molecule has 20 heteroatoms. The van der Waals surface area contributed by atoms with Crippen LogP contribution in [0.5, 0.6) is 0 Å². The van der Waals surface area contributed by atoms with E-state index in [1.165, 1.54) is 48.5 Å². The predicted molar refractivity (Wildman–Crippen MR) is 339 cm³/mol. The van der Waals surface area contributed by atoms with Gasteiger partial charge >= 0.3 is 0 Å². The molecule has 0 bridgehead atoms. The second-order valence-corrected chi connectivity index (χ2v) is 23.8. The quantitative estimate of drug-likeness (QED) is 0.0492. The minimum Gasteiger partial charge on any atom is -0.441 e. The zero-order valence-electron chi connectivity index (χ0n) is 53.3. The summed E-state index contributed by atoms with van der Waals surface area (Å²) in [4.78, 5) is 17.7. The van der Waals surface area contributed by atoms with Gasteiger partial charge in [-0.25, -0.2) is 37.5 Å². The predicted octanol–water partition coefficient (Wildman–Crippen LogP) is 15.7. The van der Waals surface area contributed by atoms with E-state index in [0.29, 0.717) is 80.8 Å². The lowest BCUT2D eigenvalue weighted by atomic mass is 9.95. The van der Waals surface area contributed by atoms with Crippen molar-refractivity contribution in [1.82, 2.24) is 19.9 Å². The van der Waals surface area contributed by atoms with Crippen LogP contribution in [0.4, 0.5) is 17.6 Å². The maximum absolute atomic E-state index is 13.0. The molecule has 0 radical (unpaired) electrons. The largest absolute Gasteiger partial charge is 0.441 e. The summed E-state index contributed by atoms with van der Waals surface area (Å²) in [7, 11) is 0. The van der Waals surface area contributed by atoms with Gasteiger partial charge in [-0.1, -0.05) is 13.0 Å². The molecule has 8 atom stereocenters. The van der Waals surface area contributed by atoms with Gasteiger partial charge in [-0.05, 0) is 234 Å². The van der Waals surface area contributed by atoms with Gasteiger partial charge in [-0.15, -0.1) is 6.58 Å². The Labute approximate surface area is 536 Å². The fraction of sp³-hybridized carbons (Fsp3) is 0.472. The van der Waals surface area contributed by atoms with Gasteiger partial charge in [0.05, 0.1) is 81.0 Å². The number of halogens is 4. The van der Waals surface area contributed by atoms with Crippen molar-refractivity contribution in [3.8, 4) is 45.8 Å². The van der Waals surface area contributed by atoms with E-state index in [0.717, 1.165) is 146 Å². The first-order valence-electron chi connectivity index (χ1n) is 32.1. The third-order valence-corrected chi connectivity index (χ3v) is 16.5. The Hall–Kier alpha value is -7.14. The number of aryl methyl sites for hydroxylation is 5. The molecular weight excluding hydrogens is 1190 g/mol. The van der Waals surface area contributed by atoms with E-state index in [1.807, 2.05) is 34.6 Å². The first-order chi connectivity index (χ1) is 44.4. The molecule has 0 saturated heterocycles. The van der Waals surface area contributed by atoms with Crippen LogP contribution < -0.4 is 0 Å². The van der Waals surface area contributed by atoms with E-state index in [-0.39, 0.29) is 72.1 Å². The third kappa shape index (κ3) is 22.3. The summed E-state index contributed by atoms with van der Waals surface area (Å²) in [5.74, 6) is 3.87. The summed E-state index contributed by atoms with van der Waals surface area (Å²) < 4.78 is 97.6. The molecule has 8 aromatic rings. The van der Waals surface area contributed by atoms with Crippen molar-refractivity contribution >= 4 is 0 Å². The van der Waals surface area contributed by atoms with Gasteiger partial charge in [0, 0.05) is 22.3 Å². The highest BCUT2D eigenvalue weighted by atomic mass is 19.1. The Morgan fingerprint density at radius 2 is 0.652 bits per heavy atom. The molecule has 496 valence electrons. The number of ether oxygens (including phenoxy) is 4. The maximum atomic E-state index is 13.0. The molecule has 4 N–H and O–H groups in total. The molecule has 4 aliphatic carbocycles. The van der Waals surface area contributed by atoms with Crippen LogP contribution in [0.25, 0.3) is 45.8 Å². The molecule has 0 amide bonds. The van der Waals surface area contributed by atoms with Gasteiger partial charge < -0.3 is 57.0 Å². The van der Waals surface area contributed by atoms with E-state index < -0.39 is 0 Å². The zero-order valence-corrected chi connectivity index (χ0v) is 53.3. The van der Waals surface area contributed by atoms with Crippen LogP contribution in [-0.2, 0) is 45.2 Å². The molecule has 12 rings (SSSR count). The number of benzene rings is 4. The SMILES string of the molecule is C=CCO[C@@H]1CCC[C@H](OCc2nc(-c3ccc(F)cc3)oc2C)C1.CCc1nc(-c2ccc(F)cc2)oc1C.Cc1oc(-c2ccc(F)cc2)nc1COC1CCCC(O)C1.Cc1oc(-c2ccc(F)cc2)nc1CO[C@H]1CCC[C@@H](O)C1.OC1CCCC(O)C1. The Balaban J connectivity index is 0.000000153. The highest BCUT2D eigenvalue weighted by molar-refractivity contribution is 5.56.